The van der Waals surface area contributed by atoms with Gasteiger partial charge in [-0.25, -0.2) is 4.98 Å². The summed E-state index contributed by atoms with van der Waals surface area (Å²) in [5, 5.41) is 13.8. The minimum absolute atomic E-state index is 0.0637. The summed E-state index contributed by atoms with van der Waals surface area (Å²) in [7, 11) is 5.26. The Hall–Kier alpha value is -3.66. The van der Waals surface area contributed by atoms with E-state index in [4.69, 9.17) is 9.72 Å². The lowest BCUT2D eigenvalue weighted by Crippen LogP contribution is -2.40. The van der Waals surface area contributed by atoms with E-state index in [1.165, 1.54) is 11.1 Å². The van der Waals surface area contributed by atoms with Gasteiger partial charge in [0.1, 0.15) is 17.4 Å². The van der Waals surface area contributed by atoms with Gasteiger partial charge in [-0.15, -0.1) is 0 Å². The molecule has 2 aromatic heterocycles. The van der Waals surface area contributed by atoms with Gasteiger partial charge >= 0.3 is 0 Å². The number of amides is 1. The highest BCUT2D eigenvalue weighted by molar-refractivity contribution is 5.77. The predicted octanol–water partition coefficient (Wildman–Crippen LogP) is 3.56. The third-order valence-corrected chi connectivity index (χ3v) is 6.73. The zero-order valence-electron chi connectivity index (χ0n) is 22.0. The molecule has 0 spiro atoms. The minimum Gasteiger partial charge on any atom is -0.495 e. The topological polar surface area (TPSA) is 109 Å². The fourth-order valence-electron chi connectivity index (χ4n) is 4.69. The number of aromatic nitrogens is 4. The number of anilines is 4. The van der Waals surface area contributed by atoms with Crippen LogP contribution in [0.25, 0.3) is 0 Å². The van der Waals surface area contributed by atoms with E-state index in [1.54, 1.807) is 25.0 Å². The number of hydrogen-bond donors (Lipinski definition) is 3. The Labute approximate surface area is 212 Å². The molecule has 1 amide bonds. The second-order valence-electron chi connectivity index (χ2n) is 9.40. The van der Waals surface area contributed by atoms with Crippen LogP contribution in [-0.4, -0.2) is 64.3 Å². The highest BCUT2D eigenvalue weighted by atomic mass is 16.5. The number of carbonyl (C=O) groups excluding carboxylic acids is 1. The van der Waals surface area contributed by atoms with E-state index in [9.17, 15) is 4.79 Å². The van der Waals surface area contributed by atoms with Crippen LogP contribution < -0.4 is 20.7 Å². The quantitative estimate of drug-likeness (QED) is 0.438. The second kappa shape index (κ2) is 10.9. The van der Waals surface area contributed by atoms with Crippen molar-refractivity contribution < 1.29 is 9.53 Å². The van der Waals surface area contributed by atoms with Gasteiger partial charge in [0, 0.05) is 31.9 Å². The van der Waals surface area contributed by atoms with Crippen LogP contribution in [0.5, 0.6) is 5.75 Å². The molecule has 3 heterocycles. The molecule has 3 N–H and O–H groups in total. The van der Waals surface area contributed by atoms with Gasteiger partial charge in [-0.1, -0.05) is 0 Å². The molecule has 1 aliphatic heterocycles. The smallest absolute Gasteiger partial charge is 0.233 e. The van der Waals surface area contributed by atoms with Gasteiger partial charge in [0.15, 0.2) is 0 Å². The van der Waals surface area contributed by atoms with E-state index < -0.39 is 0 Å². The van der Waals surface area contributed by atoms with Crippen molar-refractivity contribution in [2.45, 2.75) is 39.5 Å². The summed E-state index contributed by atoms with van der Waals surface area (Å²) in [6, 6.07) is 6.21. The van der Waals surface area contributed by atoms with Crippen LogP contribution in [0.3, 0.4) is 0 Å². The molecule has 0 unspecified atom stereocenters. The predicted molar refractivity (Wildman–Crippen MR) is 141 cm³/mol. The summed E-state index contributed by atoms with van der Waals surface area (Å²) < 4.78 is 7.54. The van der Waals surface area contributed by atoms with Crippen molar-refractivity contribution in [3.05, 3.63) is 46.8 Å². The van der Waals surface area contributed by atoms with Gasteiger partial charge < -0.3 is 20.7 Å². The van der Waals surface area contributed by atoms with Crippen molar-refractivity contribution in [3.8, 4) is 5.75 Å². The van der Waals surface area contributed by atoms with Crippen molar-refractivity contribution in [3.63, 3.8) is 0 Å². The van der Waals surface area contributed by atoms with Crippen LogP contribution in [0.2, 0.25) is 0 Å². The molecule has 1 aliphatic rings. The summed E-state index contributed by atoms with van der Waals surface area (Å²) >= 11 is 0. The van der Waals surface area contributed by atoms with Crippen LogP contribution in [0, 0.1) is 20.8 Å². The summed E-state index contributed by atoms with van der Waals surface area (Å²) in [6.45, 7) is 8.32. The van der Waals surface area contributed by atoms with E-state index >= 15 is 0 Å². The van der Waals surface area contributed by atoms with Gasteiger partial charge in [0.05, 0.1) is 25.0 Å². The number of likely N-dealkylation sites (N-methyl/N-ethyl adjacent to an activating group) is 1. The number of aryl methyl sites for hydroxylation is 4. The van der Waals surface area contributed by atoms with Crippen molar-refractivity contribution >= 4 is 29.2 Å². The van der Waals surface area contributed by atoms with Gasteiger partial charge in [0.2, 0.25) is 11.9 Å². The first kappa shape index (κ1) is 25.4. The lowest BCUT2D eigenvalue weighted by Gasteiger charge is -2.32. The molecule has 10 heteroatoms. The van der Waals surface area contributed by atoms with Crippen molar-refractivity contribution in [2.75, 3.05) is 44.4 Å². The van der Waals surface area contributed by atoms with Gasteiger partial charge in [-0.05, 0) is 75.9 Å². The summed E-state index contributed by atoms with van der Waals surface area (Å²) in [5.41, 5.74) is 5.17. The standard InChI is InChI=1S/C26H36N8O2/c1-16-11-21(22(36-6)13-20(16)19-7-9-34(10-8-19)15-24(35)27-4)29-26-28-14-17(2)25(31-26)30-23-12-18(3)32-33(23)5/h11-14,19H,7-10,15H2,1-6H3,(H,27,35)(H2,28,29,30,31). The monoisotopic (exact) mass is 492 g/mol. The van der Waals surface area contributed by atoms with Crippen molar-refractivity contribution in [1.82, 2.24) is 30.0 Å². The van der Waals surface area contributed by atoms with Crippen LogP contribution in [0.1, 0.15) is 41.1 Å². The molecule has 0 saturated carbocycles. The maximum atomic E-state index is 11.7. The van der Waals surface area contributed by atoms with Crippen LogP contribution in [-0.2, 0) is 11.8 Å². The summed E-state index contributed by atoms with van der Waals surface area (Å²) in [4.78, 5) is 23.1. The average molecular weight is 493 g/mol. The molecule has 0 atom stereocenters. The first-order valence-corrected chi connectivity index (χ1v) is 12.3. The van der Waals surface area contributed by atoms with Crippen LogP contribution in [0.4, 0.5) is 23.3 Å². The van der Waals surface area contributed by atoms with Crippen LogP contribution >= 0.6 is 0 Å². The summed E-state index contributed by atoms with van der Waals surface area (Å²) in [6.07, 6.45) is 3.82. The minimum atomic E-state index is 0.0637. The number of rotatable bonds is 8. The Morgan fingerprint density at radius 3 is 2.50 bits per heavy atom. The highest BCUT2D eigenvalue weighted by Gasteiger charge is 2.24. The van der Waals surface area contributed by atoms with Crippen molar-refractivity contribution in [2.24, 2.45) is 7.05 Å². The first-order valence-electron chi connectivity index (χ1n) is 12.3. The normalized spacial score (nSPS) is 14.5. The number of nitrogens with one attached hydrogen (secondary N) is 3. The molecule has 36 heavy (non-hydrogen) atoms. The zero-order valence-corrected chi connectivity index (χ0v) is 22.0. The van der Waals surface area contributed by atoms with E-state index in [1.807, 2.05) is 27.0 Å². The second-order valence-corrected chi connectivity index (χ2v) is 9.40. The molecule has 1 fully saturated rings. The lowest BCUT2D eigenvalue weighted by atomic mass is 9.86. The van der Waals surface area contributed by atoms with E-state index in [0.29, 0.717) is 24.2 Å². The number of piperidine rings is 1. The lowest BCUT2D eigenvalue weighted by molar-refractivity contribution is -0.122. The molecule has 1 saturated heterocycles. The molecule has 192 valence electrons. The fourth-order valence-corrected chi connectivity index (χ4v) is 4.69. The van der Waals surface area contributed by atoms with Gasteiger partial charge in [-0.3, -0.25) is 14.4 Å². The molecular formula is C26H36N8O2. The average Bonchev–Trinajstić information content (AvgIpc) is 3.18. The molecule has 0 radical (unpaired) electrons. The molecule has 3 aromatic rings. The van der Waals surface area contributed by atoms with E-state index in [2.05, 4.69) is 50.0 Å². The zero-order chi connectivity index (χ0) is 25.8. The maximum absolute atomic E-state index is 11.7. The Morgan fingerprint density at radius 2 is 1.86 bits per heavy atom. The summed E-state index contributed by atoms with van der Waals surface area (Å²) in [5.74, 6) is 3.31. The molecule has 4 rings (SSSR count). The fraction of sp³-hybridized carbons (Fsp3) is 0.462. The Morgan fingerprint density at radius 1 is 1.11 bits per heavy atom. The third kappa shape index (κ3) is 5.76. The molecule has 10 nitrogen and oxygen atoms in total. The number of ether oxygens (including phenoxy) is 1. The SMILES string of the molecule is CNC(=O)CN1CCC(c2cc(OC)c(Nc3ncc(C)c(Nc4cc(C)nn4C)n3)cc2C)CC1. The maximum Gasteiger partial charge on any atom is 0.233 e. The molecule has 1 aromatic carbocycles. The van der Waals surface area contributed by atoms with Crippen molar-refractivity contribution in [1.29, 1.82) is 0 Å². The number of benzene rings is 1. The Balaban J connectivity index is 1.50. The Bertz CT molecular complexity index is 1230. The third-order valence-electron chi connectivity index (χ3n) is 6.73. The Kier molecular flexibility index (Phi) is 7.73. The van der Waals surface area contributed by atoms with Gasteiger partial charge in [-0.2, -0.15) is 10.1 Å². The number of likely N-dealkylation sites (tertiary alicyclic amines) is 1. The number of hydrogen-bond acceptors (Lipinski definition) is 8. The number of carbonyl (C=O) groups is 1. The highest BCUT2D eigenvalue weighted by Crippen LogP contribution is 2.37. The molecule has 0 aliphatic carbocycles. The first-order chi connectivity index (χ1) is 17.3. The number of nitrogens with zero attached hydrogens (tertiary/aromatic N) is 5. The largest absolute Gasteiger partial charge is 0.495 e. The molecule has 0 bridgehead atoms. The van der Waals surface area contributed by atoms with E-state index in [-0.39, 0.29) is 5.91 Å². The van der Waals surface area contributed by atoms with E-state index in [0.717, 1.165) is 54.4 Å². The molecular weight excluding hydrogens is 456 g/mol. The van der Waals surface area contributed by atoms with Gasteiger partial charge in [0.25, 0.3) is 0 Å². The number of methoxy groups -OCH3 is 1. The van der Waals surface area contributed by atoms with Crippen LogP contribution in [0.15, 0.2) is 24.4 Å².